The summed E-state index contributed by atoms with van der Waals surface area (Å²) >= 11 is 1.84. The lowest BCUT2D eigenvalue weighted by molar-refractivity contribution is 0.661. The van der Waals surface area contributed by atoms with Gasteiger partial charge in [0.1, 0.15) is 0 Å². The van der Waals surface area contributed by atoms with Gasteiger partial charge in [0.05, 0.1) is 22.2 Å². The van der Waals surface area contributed by atoms with Gasteiger partial charge in [-0.3, -0.25) is 4.57 Å². The third-order valence-electron chi connectivity index (χ3n) is 12.8. The van der Waals surface area contributed by atoms with Gasteiger partial charge in [-0.15, -0.1) is 11.3 Å². The molecule has 0 N–H and O–H groups in total. The zero-order chi connectivity index (χ0) is 37.6. The Morgan fingerprint density at radius 2 is 1.16 bits per heavy atom. The van der Waals surface area contributed by atoms with Crippen LogP contribution in [0.5, 0.6) is 0 Å². The van der Waals surface area contributed by atoms with E-state index >= 15 is 0 Å². The highest BCUT2D eigenvalue weighted by Gasteiger charge is 2.36. The van der Waals surface area contributed by atoms with E-state index in [1.807, 2.05) is 11.3 Å². The van der Waals surface area contributed by atoms with Gasteiger partial charge in [-0.25, -0.2) is 9.97 Å². The van der Waals surface area contributed by atoms with Crippen LogP contribution < -0.4 is 0 Å². The van der Waals surface area contributed by atoms with Gasteiger partial charge in [0.2, 0.25) is 5.95 Å². The van der Waals surface area contributed by atoms with Gasteiger partial charge in [0.15, 0.2) is 0 Å². The second kappa shape index (κ2) is 11.1. The summed E-state index contributed by atoms with van der Waals surface area (Å²) in [7, 11) is 0. The zero-order valence-corrected chi connectivity index (χ0v) is 32.2. The molecular formula is C53H33N3S. The molecule has 13 rings (SSSR count). The van der Waals surface area contributed by atoms with Crippen LogP contribution in [-0.4, -0.2) is 14.5 Å². The molecule has 0 fully saturated rings. The van der Waals surface area contributed by atoms with Gasteiger partial charge in [-0.1, -0.05) is 141 Å². The van der Waals surface area contributed by atoms with E-state index in [2.05, 4.69) is 182 Å². The second-order valence-corrected chi connectivity index (χ2v) is 17.2. The fraction of sp³-hybridized carbons (Fsp3) is 0.0566. The molecule has 57 heavy (non-hydrogen) atoms. The monoisotopic (exact) mass is 743 g/mol. The van der Waals surface area contributed by atoms with Gasteiger partial charge in [0, 0.05) is 58.1 Å². The van der Waals surface area contributed by atoms with E-state index in [0.717, 1.165) is 44.0 Å². The first-order valence-electron chi connectivity index (χ1n) is 19.7. The first kappa shape index (κ1) is 31.3. The summed E-state index contributed by atoms with van der Waals surface area (Å²) < 4.78 is 4.96. The standard InChI is InChI=1S/C53H33N3S/c1-53(2)43-21-11-9-17-35(43)40-29-45-42(28-44(40)53)48-37-19-7-5-15-33(37)34-16-6-8-20-38(34)51(48)56(45)52-54-49(39-25-23-30-13-3-4-14-32(30)50(39)55-52)31-24-26-47-41(27-31)36-18-10-12-22-46(36)57-47/h3-29H,1-2H3. The number of thiophene rings is 1. The molecule has 266 valence electrons. The predicted octanol–water partition coefficient (Wildman–Crippen LogP) is 14.5. The van der Waals surface area contributed by atoms with Crippen LogP contribution in [0.25, 0.3) is 114 Å². The Hall–Kier alpha value is -6.88. The summed E-state index contributed by atoms with van der Waals surface area (Å²) in [6.07, 6.45) is 0. The first-order chi connectivity index (χ1) is 28.0. The maximum absolute atomic E-state index is 5.70. The van der Waals surface area contributed by atoms with Crippen molar-refractivity contribution in [2.45, 2.75) is 19.3 Å². The minimum Gasteiger partial charge on any atom is -0.277 e. The van der Waals surface area contributed by atoms with Crippen molar-refractivity contribution >= 4 is 96.5 Å². The van der Waals surface area contributed by atoms with E-state index in [0.29, 0.717) is 5.95 Å². The van der Waals surface area contributed by atoms with Crippen LogP contribution in [0.15, 0.2) is 164 Å². The number of benzene rings is 9. The van der Waals surface area contributed by atoms with E-state index in [4.69, 9.17) is 9.97 Å². The lowest BCUT2D eigenvalue weighted by Crippen LogP contribution is -2.14. The van der Waals surface area contributed by atoms with Gasteiger partial charge in [-0.2, -0.15) is 0 Å². The van der Waals surface area contributed by atoms with E-state index in [1.54, 1.807) is 0 Å². The van der Waals surface area contributed by atoms with Crippen LogP contribution in [0.4, 0.5) is 0 Å². The topological polar surface area (TPSA) is 30.7 Å². The Kier molecular flexibility index (Phi) is 6.12. The van der Waals surface area contributed by atoms with Crippen molar-refractivity contribution in [2.24, 2.45) is 0 Å². The number of aromatic nitrogens is 3. The summed E-state index contributed by atoms with van der Waals surface area (Å²) in [5.74, 6) is 0.676. The Morgan fingerprint density at radius 3 is 2.02 bits per heavy atom. The van der Waals surface area contributed by atoms with Gasteiger partial charge >= 0.3 is 0 Å². The molecule has 0 amide bonds. The van der Waals surface area contributed by atoms with Gasteiger partial charge in [-0.05, 0) is 80.2 Å². The Bertz CT molecular complexity index is 3730. The maximum Gasteiger partial charge on any atom is 0.235 e. The summed E-state index contributed by atoms with van der Waals surface area (Å²) in [6, 6.07) is 60.2. The highest BCUT2D eigenvalue weighted by atomic mass is 32.1. The van der Waals surface area contributed by atoms with Gasteiger partial charge in [0.25, 0.3) is 0 Å². The van der Waals surface area contributed by atoms with Crippen molar-refractivity contribution in [3.05, 3.63) is 175 Å². The third kappa shape index (κ3) is 4.15. The average molecular weight is 744 g/mol. The molecule has 0 aliphatic heterocycles. The number of hydrogen-bond donors (Lipinski definition) is 0. The quantitative estimate of drug-likeness (QED) is 0.165. The molecule has 0 radical (unpaired) electrons. The average Bonchev–Trinajstić information content (AvgIpc) is 3.88. The Labute approximate surface area is 332 Å². The lowest BCUT2D eigenvalue weighted by atomic mass is 9.82. The molecule has 0 saturated carbocycles. The molecule has 0 saturated heterocycles. The highest BCUT2D eigenvalue weighted by Crippen LogP contribution is 2.52. The number of hydrogen-bond acceptors (Lipinski definition) is 3. The maximum atomic E-state index is 5.70. The van der Waals surface area contributed by atoms with Crippen molar-refractivity contribution in [2.75, 3.05) is 0 Å². The zero-order valence-electron chi connectivity index (χ0n) is 31.3. The number of nitrogens with zero attached hydrogens (tertiary/aromatic N) is 3. The summed E-state index contributed by atoms with van der Waals surface area (Å²) in [4.78, 5) is 11.3. The molecule has 3 heterocycles. The lowest BCUT2D eigenvalue weighted by Gasteiger charge is -2.21. The van der Waals surface area contributed by atoms with Crippen molar-refractivity contribution in [1.82, 2.24) is 14.5 Å². The molecule has 4 heteroatoms. The Morgan fingerprint density at radius 1 is 0.474 bits per heavy atom. The molecule has 1 aliphatic rings. The number of rotatable bonds is 2. The van der Waals surface area contributed by atoms with Crippen molar-refractivity contribution in [1.29, 1.82) is 0 Å². The molecule has 0 atom stereocenters. The van der Waals surface area contributed by atoms with Crippen molar-refractivity contribution < 1.29 is 0 Å². The molecular weight excluding hydrogens is 711 g/mol. The predicted molar refractivity (Wildman–Crippen MR) is 242 cm³/mol. The van der Waals surface area contributed by atoms with E-state index < -0.39 is 0 Å². The van der Waals surface area contributed by atoms with E-state index in [9.17, 15) is 0 Å². The van der Waals surface area contributed by atoms with E-state index in [-0.39, 0.29) is 5.41 Å². The largest absolute Gasteiger partial charge is 0.277 e. The van der Waals surface area contributed by atoms with Crippen LogP contribution in [0, 0.1) is 0 Å². The van der Waals surface area contributed by atoms with Crippen molar-refractivity contribution in [3.8, 4) is 28.3 Å². The van der Waals surface area contributed by atoms with Crippen LogP contribution in [0.1, 0.15) is 25.0 Å². The van der Waals surface area contributed by atoms with Crippen molar-refractivity contribution in [3.63, 3.8) is 0 Å². The molecule has 0 bridgehead atoms. The second-order valence-electron chi connectivity index (χ2n) is 16.1. The summed E-state index contributed by atoms with van der Waals surface area (Å²) in [5.41, 5.74) is 10.4. The van der Waals surface area contributed by atoms with Gasteiger partial charge < -0.3 is 0 Å². The fourth-order valence-electron chi connectivity index (χ4n) is 10.1. The molecule has 0 unspecified atom stereocenters. The SMILES string of the molecule is CC1(C)c2ccccc2-c2cc3c(cc21)c1c2ccccc2c2ccccc2c1n3-c1nc(-c2ccc3sc4ccccc4c3c2)c2ccc3ccccc3c2n1. The number of fused-ring (bicyclic) bond motifs is 17. The van der Waals surface area contributed by atoms with Crippen LogP contribution >= 0.6 is 11.3 Å². The fourth-order valence-corrected chi connectivity index (χ4v) is 11.2. The van der Waals surface area contributed by atoms with E-state index in [1.165, 1.54) is 74.7 Å². The summed E-state index contributed by atoms with van der Waals surface area (Å²) in [6.45, 7) is 4.74. The minimum absolute atomic E-state index is 0.142. The smallest absolute Gasteiger partial charge is 0.235 e. The molecule has 3 nitrogen and oxygen atoms in total. The normalized spacial score (nSPS) is 13.6. The van der Waals surface area contributed by atoms with Crippen LogP contribution in [0.3, 0.4) is 0 Å². The minimum atomic E-state index is -0.142. The molecule has 3 aromatic heterocycles. The van der Waals surface area contributed by atoms with Crippen LogP contribution in [0.2, 0.25) is 0 Å². The Balaban J connectivity index is 1.23. The molecule has 1 aliphatic carbocycles. The van der Waals surface area contributed by atoms with Crippen LogP contribution in [-0.2, 0) is 5.41 Å². The third-order valence-corrected chi connectivity index (χ3v) is 13.9. The molecule has 12 aromatic rings. The molecule has 9 aromatic carbocycles. The molecule has 0 spiro atoms. The highest BCUT2D eigenvalue weighted by molar-refractivity contribution is 7.25. The summed E-state index contributed by atoms with van der Waals surface area (Å²) in [5, 5.41) is 13.2. The first-order valence-corrected chi connectivity index (χ1v) is 20.5.